The van der Waals surface area contributed by atoms with E-state index in [1.807, 2.05) is 0 Å². The number of Topliss-reactive ketones (excluding diaryl/α,β-unsaturated/α-hetero) is 1. The second-order valence-electron chi connectivity index (χ2n) is 7.17. The Morgan fingerprint density at radius 3 is 2.69 bits per heavy atom. The molecule has 2 saturated carbocycles. The fraction of sp³-hybridized carbons (Fsp3) is 0.800. The number of hydrogen-bond donors (Lipinski definition) is 0. The molecule has 0 aromatic rings. The van der Waals surface area contributed by atoms with Crippen molar-refractivity contribution in [1.82, 2.24) is 0 Å². The standard InChI is InChI=1S/C15H22O/c1-13(2)11-5-8-14(3)6-4-7-15(11,10-14)9-12(13)16/h5H,4,6-10H2,1-3H3/t14-,15+/m1/s1. The molecule has 2 atom stereocenters. The Balaban J connectivity index is 2.11. The first-order valence-electron chi connectivity index (χ1n) is 6.63. The van der Waals surface area contributed by atoms with Gasteiger partial charge in [-0.3, -0.25) is 4.79 Å². The average Bonchev–Trinajstić information content (AvgIpc) is 2.32. The van der Waals surface area contributed by atoms with Crippen LogP contribution in [0.15, 0.2) is 11.6 Å². The Morgan fingerprint density at radius 2 is 1.94 bits per heavy atom. The zero-order valence-corrected chi connectivity index (χ0v) is 10.7. The number of rotatable bonds is 0. The smallest absolute Gasteiger partial charge is 0.143 e. The molecule has 2 bridgehead atoms. The van der Waals surface area contributed by atoms with E-state index in [9.17, 15) is 4.79 Å². The summed E-state index contributed by atoms with van der Waals surface area (Å²) in [5, 5.41) is 0. The van der Waals surface area contributed by atoms with Crippen molar-refractivity contribution in [3.8, 4) is 0 Å². The Kier molecular flexibility index (Phi) is 1.85. The van der Waals surface area contributed by atoms with Gasteiger partial charge >= 0.3 is 0 Å². The molecule has 0 heterocycles. The van der Waals surface area contributed by atoms with Gasteiger partial charge in [-0.05, 0) is 50.4 Å². The summed E-state index contributed by atoms with van der Waals surface area (Å²) in [4.78, 5) is 12.2. The van der Waals surface area contributed by atoms with E-state index >= 15 is 0 Å². The molecule has 88 valence electrons. The average molecular weight is 218 g/mol. The molecule has 0 saturated heterocycles. The first-order chi connectivity index (χ1) is 7.38. The number of ketones is 1. The van der Waals surface area contributed by atoms with Crippen LogP contribution in [0.4, 0.5) is 0 Å². The summed E-state index contributed by atoms with van der Waals surface area (Å²) >= 11 is 0. The van der Waals surface area contributed by atoms with E-state index in [0.29, 0.717) is 11.2 Å². The van der Waals surface area contributed by atoms with Gasteiger partial charge in [0.1, 0.15) is 5.78 Å². The Bertz CT molecular complexity index is 390. The molecule has 2 fully saturated rings. The van der Waals surface area contributed by atoms with Gasteiger partial charge in [-0.15, -0.1) is 0 Å². The molecule has 0 aromatic heterocycles. The zero-order valence-electron chi connectivity index (χ0n) is 10.7. The first kappa shape index (κ1) is 10.6. The third kappa shape index (κ3) is 1.15. The lowest BCUT2D eigenvalue weighted by Crippen LogP contribution is -2.38. The van der Waals surface area contributed by atoms with Gasteiger partial charge in [-0.2, -0.15) is 0 Å². The molecule has 1 spiro atoms. The van der Waals surface area contributed by atoms with Crippen LogP contribution in [0.2, 0.25) is 0 Å². The minimum absolute atomic E-state index is 0.168. The third-order valence-corrected chi connectivity index (χ3v) is 5.44. The number of carbonyl (C=O) groups excluding carboxylic acids is 1. The summed E-state index contributed by atoms with van der Waals surface area (Å²) in [5.74, 6) is 0.477. The summed E-state index contributed by atoms with van der Waals surface area (Å²) in [5.41, 5.74) is 2.08. The van der Waals surface area contributed by atoms with Gasteiger partial charge < -0.3 is 0 Å². The molecule has 3 rings (SSSR count). The Labute approximate surface area is 98.3 Å². The van der Waals surface area contributed by atoms with Gasteiger partial charge in [-0.1, -0.05) is 25.0 Å². The molecule has 0 aromatic carbocycles. The quantitative estimate of drug-likeness (QED) is 0.564. The van der Waals surface area contributed by atoms with Crippen LogP contribution in [-0.4, -0.2) is 5.78 Å². The molecule has 0 amide bonds. The van der Waals surface area contributed by atoms with Crippen LogP contribution in [0.3, 0.4) is 0 Å². The largest absolute Gasteiger partial charge is 0.299 e. The monoisotopic (exact) mass is 218 g/mol. The summed E-state index contributed by atoms with van der Waals surface area (Å²) in [6.45, 7) is 6.68. The van der Waals surface area contributed by atoms with Gasteiger partial charge in [0.2, 0.25) is 0 Å². The highest BCUT2D eigenvalue weighted by Crippen LogP contribution is 2.65. The second kappa shape index (κ2) is 2.80. The van der Waals surface area contributed by atoms with Crippen LogP contribution in [0.5, 0.6) is 0 Å². The molecule has 1 nitrogen and oxygen atoms in total. The van der Waals surface area contributed by atoms with Gasteiger partial charge in [0.25, 0.3) is 0 Å². The maximum absolute atomic E-state index is 12.2. The van der Waals surface area contributed by atoms with Gasteiger partial charge in [0.15, 0.2) is 0 Å². The predicted molar refractivity (Wildman–Crippen MR) is 65.1 cm³/mol. The van der Waals surface area contributed by atoms with Crippen molar-refractivity contribution in [3.05, 3.63) is 11.6 Å². The lowest BCUT2D eigenvalue weighted by Gasteiger charge is -2.49. The summed E-state index contributed by atoms with van der Waals surface area (Å²) in [6, 6.07) is 0. The Hall–Kier alpha value is -0.590. The van der Waals surface area contributed by atoms with Crippen LogP contribution in [0.25, 0.3) is 0 Å². The van der Waals surface area contributed by atoms with Crippen LogP contribution in [0.1, 0.15) is 59.3 Å². The lowest BCUT2D eigenvalue weighted by atomic mass is 9.55. The maximum atomic E-state index is 12.2. The van der Waals surface area contributed by atoms with E-state index in [0.717, 1.165) is 6.42 Å². The number of hydrogen-bond acceptors (Lipinski definition) is 1. The van der Waals surface area contributed by atoms with Crippen molar-refractivity contribution in [2.45, 2.75) is 59.3 Å². The van der Waals surface area contributed by atoms with Crippen molar-refractivity contribution in [3.63, 3.8) is 0 Å². The minimum atomic E-state index is -0.168. The molecular weight excluding hydrogens is 196 g/mol. The molecule has 3 aliphatic carbocycles. The van der Waals surface area contributed by atoms with Crippen molar-refractivity contribution in [1.29, 1.82) is 0 Å². The second-order valence-corrected chi connectivity index (χ2v) is 7.17. The summed E-state index contributed by atoms with van der Waals surface area (Å²) in [7, 11) is 0. The zero-order chi connectivity index (χ0) is 11.6. The van der Waals surface area contributed by atoms with Gasteiger partial charge in [0, 0.05) is 11.8 Å². The van der Waals surface area contributed by atoms with E-state index < -0.39 is 0 Å². The van der Waals surface area contributed by atoms with Crippen LogP contribution >= 0.6 is 0 Å². The van der Waals surface area contributed by atoms with Gasteiger partial charge in [0.05, 0.1) is 0 Å². The van der Waals surface area contributed by atoms with Gasteiger partial charge in [-0.25, -0.2) is 0 Å². The SMILES string of the molecule is CC1(C)C(=O)C[C@]23CCC[C@](C)(CC=C12)C3. The summed E-state index contributed by atoms with van der Waals surface area (Å²) < 4.78 is 0. The molecular formula is C15H22O. The van der Waals surface area contributed by atoms with Crippen molar-refractivity contribution >= 4 is 5.78 Å². The predicted octanol–water partition coefficient (Wildman–Crippen LogP) is 3.88. The molecule has 0 radical (unpaired) electrons. The molecule has 0 unspecified atom stereocenters. The molecule has 3 aliphatic rings. The van der Waals surface area contributed by atoms with E-state index in [1.165, 1.54) is 37.7 Å². The van der Waals surface area contributed by atoms with Crippen molar-refractivity contribution in [2.75, 3.05) is 0 Å². The first-order valence-corrected chi connectivity index (χ1v) is 6.63. The van der Waals surface area contributed by atoms with Crippen LogP contribution in [-0.2, 0) is 4.79 Å². The van der Waals surface area contributed by atoms with Crippen molar-refractivity contribution in [2.24, 2.45) is 16.2 Å². The fourth-order valence-corrected chi connectivity index (χ4v) is 4.66. The molecule has 1 heteroatoms. The highest BCUT2D eigenvalue weighted by molar-refractivity contribution is 5.92. The third-order valence-electron chi connectivity index (χ3n) is 5.44. The van der Waals surface area contributed by atoms with E-state index in [2.05, 4.69) is 26.8 Å². The Morgan fingerprint density at radius 1 is 1.19 bits per heavy atom. The number of carbonyl (C=O) groups is 1. The topological polar surface area (TPSA) is 17.1 Å². The van der Waals surface area contributed by atoms with Crippen molar-refractivity contribution < 1.29 is 4.79 Å². The molecule has 16 heavy (non-hydrogen) atoms. The fourth-order valence-electron chi connectivity index (χ4n) is 4.66. The molecule has 0 N–H and O–H groups in total. The van der Waals surface area contributed by atoms with E-state index in [1.54, 1.807) is 0 Å². The minimum Gasteiger partial charge on any atom is -0.299 e. The highest BCUT2D eigenvalue weighted by atomic mass is 16.1. The van der Waals surface area contributed by atoms with E-state index in [4.69, 9.17) is 0 Å². The molecule has 0 aliphatic heterocycles. The maximum Gasteiger partial charge on any atom is 0.143 e. The highest BCUT2D eigenvalue weighted by Gasteiger charge is 2.58. The number of allylic oxidation sites excluding steroid dienone is 2. The number of fused-ring (bicyclic) bond motifs is 1. The lowest BCUT2D eigenvalue weighted by molar-refractivity contribution is -0.123. The summed E-state index contributed by atoms with van der Waals surface area (Å²) in [6.07, 6.45) is 9.63. The van der Waals surface area contributed by atoms with Crippen LogP contribution in [0, 0.1) is 16.2 Å². The normalized spacial score (nSPS) is 45.2. The van der Waals surface area contributed by atoms with E-state index in [-0.39, 0.29) is 10.8 Å². The van der Waals surface area contributed by atoms with Crippen LogP contribution < -0.4 is 0 Å².